The molecule has 0 aromatic carbocycles. The van der Waals surface area contributed by atoms with Crippen molar-refractivity contribution in [2.75, 3.05) is 0 Å². The van der Waals surface area contributed by atoms with E-state index >= 15 is 0 Å². The van der Waals surface area contributed by atoms with E-state index in [2.05, 4.69) is 5.16 Å². The lowest BCUT2D eigenvalue weighted by Crippen LogP contribution is -2.58. The third kappa shape index (κ3) is 1.94. The van der Waals surface area contributed by atoms with Crippen LogP contribution in [0.3, 0.4) is 0 Å². The van der Waals surface area contributed by atoms with Crippen molar-refractivity contribution in [3.05, 3.63) is 17.5 Å². The molecule has 21 heavy (non-hydrogen) atoms. The van der Waals surface area contributed by atoms with Crippen LogP contribution in [0, 0.1) is 11.3 Å². The highest BCUT2D eigenvalue weighted by atomic mass is 19.4. The van der Waals surface area contributed by atoms with E-state index in [1.165, 1.54) is 0 Å². The summed E-state index contributed by atoms with van der Waals surface area (Å²) in [6.45, 7) is 5.85. The minimum atomic E-state index is -4.58. The largest absolute Gasteiger partial charge is 0.417 e. The second kappa shape index (κ2) is 4.03. The van der Waals surface area contributed by atoms with Crippen molar-refractivity contribution in [1.29, 1.82) is 0 Å². The van der Waals surface area contributed by atoms with Gasteiger partial charge in [-0.25, -0.2) is 0 Å². The SMILES string of the molecule is CC1(C)c2oncc2C[C@]2(C)C[C@](O)(C(F)(F)F)CC[C@@H]12. The van der Waals surface area contributed by atoms with Gasteiger partial charge in [-0.05, 0) is 37.0 Å². The second-order valence-electron chi connectivity index (χ2n) is 7.53. The summed E-state index contributed by atoms with van der Waals surface area (Å²) >= 11 is 0. The first kappa shape index (κ1) is 14.9. The Morgan fingerprint density at radius 2 is 2.00 bits per heavy atom. The van der Waals surface area contributed by atoms with E-state index in [9.17, 15) is 18.3 Å². The van der Waals surface area contributed by atoms with Crippen LogP contribution in [0.4, 0.5) is 13.2 Å². The van der Waals surface area contributed by atoms with Crippen LogP contribution >= 0.6 is 0 Å². The molecule has 2 aliphatic carbocycles. The molecule has 3 atom stereocenters. The van der Waals surface area contributed by atoms with E-state index in [-0.39, 0.29) is 24.2 Å². The third-order valence-electron chi connectivity index (χ3n) is 5.61. The van der Waals surface area contributed by atoms with Crippen LogP contribution in [0.25, 0.3) is 0 Å². The summed E-state index contributed by atoms with van der Waals surface area (Å²) in [5.74, 6) is 0.815. The number of aromatic nitrogens is 1. The van der Waals surface area contributed by atoms with Gasteiger partial charge >= 0.3 is 6.18 Å². The summed E-state index contributed by atoms with van der Waals surface area (Å²) in [6, 6.07) is 0. The molecule has 0 bridgehead atoms. The standard InChI is InChI=1S/C15H20F3NO2/c1-12(2)10-4-5-14(20,15(16,17)18)8-13(10,3)6-9-7-19-21-11(9)12/h7,10,20H,4-6,8H2,1-3H3/t10-,13+,14-/m0/s1. The summed E-state index contributed by atoms with van der Waals surface area (Å²) in [5.41, 5.74) is -2.69. The molecule has 1 N–H and O–H groups in total. The molecule has 3 nitrogen and oxygen atoms in total. The molecule has 1 fully saturated rings. The quantitative estimate of drug-likeness (QED) is 0.796. The van der Waals surface area contributed by atoms with E-state index in [1.807, 2.05) is 20.8 Å². The van der Waals surface area contributed by atoms with E-state index in [0.29, 0.717) is 12.8 Å². The Bertz CT molecular complexity index is 566. The lowest BCUT2D eigenvalue weighted by atomic mass is 9.49. The molecule has 0 amide bonds. The van der Waals surface area contributed by atoms with Gasteiger partial charge in [0.25, 0.3) is 0 Å². The van der Waals surface area contributed by atoms with Crippen molar-refractivity contribution in [2.45, 2.75) is 63.6 Å². The van der Waals surface area contributed by atoms with Crippen LogP contribution in [0.5, 0.6) is 0 Å². The number of alkyl halides is 3. The van der Waals surface area contributed by atoms with E-state index in [0.717, 1.165) is 11.3 Å². The summed E-state index contributed by atoms with van der Waals surface area (Å²) in [5, 5.41) is 13.9. The lowest BCUT2D eigenvalue weighted by Gasteiger charge is -2.56. The van der Waals surface area contributed by atoms with Gasteiger partial charge in [0.15, 0.2) is 5.60 Å². The first-order valence-electron chi connectivity index (χ1n) is 7.23. The Labute approximate surface area is 121 Å². The fourth-order valence-corrected chi connectivity index (χ4v) is 4.78. The second-order valence-corrected chi connectivity index (χ2v) is 7.53. The van der Waals surface area contributed by atoms with Crippen molar-refractivity contribution < 1.29 is 22.8 Å². The number of hydrogen-bond donors (Lipinski definition) is 1. The molecule has 3 rings (SSSR count). The molecule has 1 saturated carbocycles. The molecule has 0 unspecified atom stereocenters. The molecule has 0 radical (unpaired) electrons. The van der Waals surface area contributed by atoms with Gasteiger partial charge in [-0.2, -0.15) is 13.2 Å². The molecule has 1 aromatic rings. The molecule has 0 spiro atoms. The van der Waals surface area contributed by atoms with Gasteiger partial charge in [-0.3, -0.25) is 0 Å². The van der Waals surface area contributed by atoms with Gasteiger partial charge in [-0.15, -0.1) is 0 Å². The van der Waals surface area contributed by atoms with Crippen molar-refractivity contribution in [3.8, 4) is 0 Å². The fraction of sp³-hybridized carbons (Fsp3) is 0.800. The topological polar surface area (TPSA) is 46.3 Å². The summed E-state index contributed by atoms with van der Waals surface area (Å²) < 4.78 is 45.0. The van der Waals surface area contributed by atoms with Gasteiger partial charge in [-0.1, -0.05) is 25.9 Å². The van der Waals surface area contributed by atoms with Crippen LogP contribution in [0.15, 0.2) is 10.7 Å². The Morgan fingerprint density at radius 3 is 2.62 bits per heavy atom. The number of nitrogens with zero attached hydrogens (tertiary/aromatic N) is 1. The number of hydrogen-bond acceptors (Lipinski definition) is 3. The highest BCUT2D eigenvalue weighted by molar-refractivity contribution is 5.31. The van der Waals surface area contributed by atoms with Gasteiger partial charge in [0.1, 0.15) is 5.76 Å². The normalized spacial score (nSPS) is 38.7. The van der Waals surface area contributed by atoms with Crippen LogP contribution in [-0.4, -0.2) is 22.0 Å². The van der Waals surface area contributed by atoms with Gasteiger partial charge < -0.3 is 9.63 Å². The molecule has 1 aromatic heterocycles. The van der Waals surface area contributed by atoms with Gasteiger partial charge in [0, 0.05) is 11.0 Å². The van der Waals surface area contributed by atoms with Crippen LogP contribution < -0.4 is 0 Å². The van der Waals surface area contributed by atoms with Gasteiger partial charge in [0.2, 0.25) is 0 Å². The zero-order valence-corrected chi connectivity index (χ0v) is 12.4. The number of fused-ring (bicyclic) bond motifs is 2. The van der Waals surface area contributed by atoms with Crippen LogP contribution in [-0.2, 0) is 11.8 Å². The average Bonchev–Trinajstić information content (AvgIpc) is 2.74. The zero-order chi connectivity index (χ0) is 15.7. The molecule has 118 valence electrons. The molecule has 0 aliphatic heterocycles. The van der Waals surface area contributed by atoms with Crippen LogP contribution in [0.1, 0.15) is 51.4 Å². The number of halogens is 3. The maximum absolute atomic E-state index is 13.2. The molecule has 0 saturated heterocycles. The Hall–Kier alpha value is -1.04. The minimum Gasteiger partial charge on any atom is -0.380 e. The smallest absolute Gasteiger partial charge is 0.380 e. The van der Waals surface area contributed by atoms with Crippen molar-refractivity contribution in [2.24, 2.45) is 11.3 Å². The molecule has 1 heterocycles. The first-order chi connectivity index (χ1) is 9.50. The monoisotopic (exact) mass is 303 g/mol. The zero-order valence-electron chi connectivity index (χ0n) is 12.4. The highest BCUT2D eigenvalue weighted by Crippen LogP contribution is 2.60. The molecular formula is C15H20F3NO2. The average molecular weight is 303 g/mol. The van der Waals surface area contributed by atoms with Crippen molar-refractivity contribution in [3.63, 3.8) is 0 Å². The Morgan fingerprint density at radius 1 is 1.33 bits per heavy atom. The molecular weight excluding hydrogens is 283 g/mol. The summed E-state index contributed by atoms with van der Waals surface area (Å²) in [6.07, 6.45) is -2.69. The maximum Gasteiger partial charge on any atom is 0.417 e. The predicted molar refractivity (Wildman–Crippen MR) is 69.7 cm³/mol. The van der Waals surface area contributed by atoms with Crippen molar-refractivity contribution >= 4 is 0 Å². The number of rotatable bonds is 0. The van der Waals surface area contributed by atoms with Gasteiger partial charge in [0.05, 0.1) is 6.20 Å². The molecule has 6 heteroatoms. The highest BCUT2D eigenvalue weighted by Gasteiger charge is 2.63. The summed E-state index contributed by atoms with van der Waals surface area (Å²) in [4.78, 5) is 0. The predicted octanol–water partition coefficient (Wildman–Crippen LogP) is 3.61. The maximum atomic E-state index is 13.2. The van der Waals surface area contributed by atoms with Crippen LogP contribution in [0.2, 0.25) is 0 Å². The number of aliphatic hydroxyl groups is 1. The fourth-order valence-electron chi connectivity index (χ4n) is 4.78. The molecule has 2 aliphatic rings. The summed E-state index contributed by atoms with van der Waals surface area (Å²) in [7, 11) is 0. The first-order valence-corrected chi connectivity index (χ1v) is 7.23. The van der Waals surface area contributed by atoms with Crippen molar-refractivity contribution in [1.82, 2.24) is 5.16 Å². The van der Waals surface area contributed by atoms with E-state index in [4.69, 9.17) is 4.52 Å². The third-order valence-corrected chi connectivity index (χ3v) is 5.61. The lowest BCUT2D eigenvalue weighted by molar-refractivity contribution is -0.288. The minimum absolute atomic E-state index is 0.0353. The van der Waals surface area contributed by atoms with E-state index in [1.54, 1.807) is 6.20 Å². The van der Waals surface area contributed by atoms with E-state index < -0.39 is 17.2 Å². The Kier molecular flexibility index (Phi) is 2.85. The Balaban J connectivity index is 2.03.